The van der Waals surface area contributed by atoms with Crippen LogP contribution >= 0.6 is 23.8 Å². The molecule has 7 heteroatoms. The minimum atomic E-state index is -0.144. The average Bonchev–Trinajstić information content (AvgIpc) is 2.99. The van der Waals surface area contributed by atoms with Gasteiger partial charge in [-0.05, 0) is 36.8 Å². The summed E-state index contributed by atoms with van der Waals surface area (Å²) in [5, 5.41) is 0.666. The minimum absolute atomic E-state index is 0.144. The molecule has 1 N–H and O–H groups in total. The van der Waals surface area contributed by atoms with Crippen LogP contribution < -0.4 is 5.56 Å². The van der Waals surface area contributed by atoms with Gasteiger partial charge >= 0.3 is 0 Å². The van der Waals surface area contributed by atoms with E-state index >= 15 is 0 Å². The Morgan fingerprint density at radius 1 is 1.25 bits per heavy atom. The van der Waals surface area contributed by atoms with E-state index in [1.807, 2.05) is 49.6 Å². The van der Waals surface area contributed by atoms with E-state index in [2.05, 4.69) is 9.97 Å². The number of nitrogens with one attached hydrogen (secondary N) is 1. The summed E-state index contributed by atoms with van der Waals surface area (Å²) in [4.78, 5) is 20.7. The molecule has 5 nitrogen and oxygen atoms in total. The third-order valence-corrected chi connectivity index (χ3v) is 4.69. The van der Waals surface area contributed by atoms with E-state index in [9.17, 15) is 4.79 Å². The first-order chi connectivity index (χ1) is 11.4. The quantitative estimate of drug-likeness (QED) is 0.711. The van der Waals surface area contributed by atoms with Gasteiger partial charge in [0, 0.05) is 17.5 Å². The molecule has 0 aliphatic carbocycles. The third-order valence-electron chi connectivity index (χ3n) is 4.00. The highest BCUT2D eigenvalue weighted by Gasteiger charge is 2.16. The summed E-state index contributed by atoms with van der Waals surface area (Å²) in [5.74, 6) is 1.00. The topological polar surface area (TPSA) is 55.6 Å². The van der Waals surface area contributed by atoms with Gasteiger partial charge in [-0.25, -0.2) is 4.98 Å². The van der Waals surface area contributed by atoms with Gasteiger partial charge in [0.05, 0.1) is 6.54 Å². The van der Waals surface area contributed by atoms with Crippen LogP contribution in [0.4, 0.5) is 0 Å². The second-order valence-corrected chi connectivity index (χ2v) is 6.82. The van der Waals surface area contributed by atoms with Crippen LogP contribution in [0, 0.1) is 4.77 Å². The highest BCUT2D eigenvalue weighted by Crippen LogP contribution is 2.16. The van der Waals surface area contributed by atoms with Gasteiger partial charge in [0.25, 0.3) is 5.56 Å². The first-order valence-corrected chi connectivity index (χ1v) is 8.68. The zero-order chi connectivity index (χ0) is 17.4. The standard InChI is InChI=1S/C17H19ClN4OS/c1-4-21-15-13(19-14(20-15)10(2)3)16(23)22(17(21)24)9-11-5-7-12(18)8-6-11/h5-8,10H,4,9H2,1-3H3,(H,19,20). The number of halogens is 1. The number of aromatic nitrogens is 4. The molecule has 126 valence electrons. The molecule has 0 spiro atoms. The fourth-order valence-corrected chi connectivity index (χ4v) is 3.14. The molecule has 0 aliphatic rings. The third kappa shape index (κ3) is 2.91. The normalized spacial score (nSPS) is 11.5. The van der Waals surface area contributed by atoms with E-state index in [0.29, 0.717) is 34.0 Å². The van der Waals surface area contributed by atoms with Gasteiger partial charge < -0.3 is 9.55 Å². The van der Waals surface area contributed by atoms with Crippen molar-refractivity contribution in [2.75, 3.05) is 0 Å². The number of aryl methyl sites for hydroxylation is 1. The largest absolute Gasteiger partial charge is 0.336 e. The fraction of sp³-hybridized carbons (Fsp3) is 0.353. The van der Waals surface area contributed by atoms with Crippen LogP contribution in [0.15, 0.2) is 29.1 Å². The van der Waals surface area contributed by atoms with E-state index in [1.54, 1.807) is 4.57 Å². The van der Waals surface area contributed by atoms with E-state index < -0.39 is 0 Å². The molecule has 3 rings (SSSR count). The Kier molecular flexibility index (Phi) is 4.60. The van der Waals surface area contributed by atoms with Crippen molar-refractivity contribution in [1.29, 1.82) is 0 Å². The van der Waals surface area contributed by atoms with Crippen LogP contribution in [0.2, 0.25) is 5.02 Å². The number of H-pyrrole nitrogens is 1. The van der Waals surface area contributed by atoms with Gasteiger partial charge in [-0.1, -0.05) is 37.6 Å². The summed E-state index contributed by atoms with van der Waals surface area (Å²) in [6.07, 6.45) is 0. The van der Waals surface area contributed by atoms with Crippen molar-refractivity contribution in [3.8, 4) is 0 Å². The molecule has 2 heterocycles. The lowest BCUT2D eigenvalue weighted by Crippen LogP contribution is -2.26. The molecule has 0 bridgehead atoms. The molecule has 2 aromatic heterocycles. The molecule has 1 aromatic carbocycles. The van der Waals surface area contributed by atoms with Crippen LogP contribution in [-0.2, 0) is 13.1 Å². The maximum atomic E-state index is 12.9. The maximum absolute atomic E-state index is 12.9. The van der Waals surface area contributed by atoms with Crippen LogP contribution in [0.1, 0.15) is 38.1 Å². The number of imidazole rings is 1. The summed E-state index contributed by atoms with van der Waals surface area (Å²) in [6, 6.07) is 7.42. The Morgan fingerprint density at radius 2 is 1.92 bits per heavy atom. The number of nitrogens with zero attached hydrogens (tertiary/aromatic N) is 3. The SMILES string of the molecule is CCn1c(=S)n(Cc2ccc(Cl)cc2)c(=O)c2[nH]c(C(C)C)nc21. The molecule has 0 atom stereocenters. The average molecular weight is 363 g/mol. The zero-order valence-corrected chi connectivity index (χ0v) is 15.4. The molecule has 0 fully saturated rings. The molecule has 0 aliphatic heterocycles. The highest BCUT2D eigenvalue weighted by molar-refractivity contribution is 7.71. The molecule has 0 radical (unpaired) electrons. The molecular formula is C17H19ClN4OS. The van der Waals surface area contributed by atoms with Crippen molar-refractivity contribution in [1.82, 2.24) is 19.1 Å². The van der Waals surface area contributed by atoms with Gasteiger partial charge in [0.15, 0.2) is 10.4 Å². The predicted molar refractivity (Wildman–Crippen MR) is 99.5 cm³/mol. The zero-order valence-electron chi connectivity index (χ0n) is 13.8. The van der Waals surface area contributed by atoms with Crippen molar-refractivity contribution in [3.63, 3.8) is 0 Å². The van der Waals surface area contributed by atoms with Crippen molar-refractivity contribution in [2.45, 2.75) is 39.8 Å². The van der Waals surface area contributed by atoms with Crippen molar-refractivity contribution >= 4 is 35.0 Å². The first-order valence-electron chi connectivity index (χ1n) is 7.90. The van der Waals surface area contributed by atoms with Crippen LogP contribution in [0.25, 0.3) is 11.2 Å². The van der Waals surface area contributed by atoms with Crippen LogP contribution in [0.3, 0.4) is 0 Å². The minimum Gasteiger partial charge on any atom is -0.336 e. The van der Waals surface area contributed by atoms with Crippen molar-refractivity contribution in [2.24, 2.45) is 0 Å². The number of fused-ring (bicyclic) bond motifs is 1. The fourth-order valence-electron chi connectivity index (χ4n) is 2.65. The van der Waals surface area contributed by atoms with E-state index in [1.165, 1.54) is 0 Å². The number of hydrogen-bond acceptors (Lipinski definition) is 3. The molecule has 0 unspecified atom stereocenters. The second kappa shape index (κ2) is 6.53. The highest BCUT2D eigenvalue weighted by atomic mass is 35.5. The molecule has 0 amide bonds. The van der Waals surface area contributed by atoms with Gasteiger partial charge in [0.1, 0.15) is 11.3 Å². The second-order valence-electron chi connectivity index (χ2n) is 6.02. The van der Waals surface area contributed by atoms with E-state index in [4.69, 9.17) is 23.8 Å². The lowest BCUT2D eigenvalue weighted by atomic mass is 10.2. The lowest BCUT2D eigenvalue weighted by Gasteiger charge is -2.11. The number of benzene rings is 1. The van der Waals surface area contributed by atoms with Gasteiger partial charge in [-0.15, -0.1) is 0 Å². The Morgan fingerprint density at radius 3 is 2.50 bits per heavy atom. The van der Waals surface area contributed by atoms with Gasteiger partial charge in [0.2, 0.25) is 0 Å². The number of aromatic amines is 1. The molecule has 0 saturated heterocycles. The van der Waals surface area contributed by atoms with Crippen molar-refractivity contribution in [3.05, 3.63) is 55.8 Å². The first kappa shape index (κ1) is 16.9. The summed E-state index contributed by atoms with van der Waals surface area (Å²) in [6.45, 7) is 7.12. The Hall–Kier alpha value is -1.92. The van der Waals surface area contributed by atoms with Crippen molar-refractivity contribution < 1.29 is 0 Å². The number of rotatable bonds is 4. The Bertz CT molecular complexity index is 998. The molecule has 0 saturated carbocycles. The monoisotopic (exact) mass is 362 g/mol. The lowest BCUT2D eigenvalue weighted by molar-refractivity contribution is 0.645. The van der Waals surface area contributed by atoms with Crippen LogP contribution in [0.5, 0.6) is 0 Å². The van der Waals surface area contributed by atoms with Crippen LogP contribution in [-0.4, -0.2) is 19.1 Å². The Labute approximate surface area is 149 Å². The van der Waals surface area contributed by atoms with Gasteiger partial charge in [-0.2, -0.15) is 0 Å². The van der Waals surface area contributed by atoms with Gasteiger partial charge in [-0.3, -0.25) is 9.36 Å². The maximum Gasteiger partial charge on any atom is 0.280 e. The summed E-state index contributed by atoms with van der Waals surface area (Å²) in [7, 11) is 0. The summed E-state index contributed by atoms with van der Waals surface area (Å²) in [5.41, 5.74) is 1.96. The smallest absolute Gasteiger partial charge is 0.280 e. The summed E-state index contributed by atoms with van der Waals surface area (Å²) < 4.78 is 3.98. The molecule has 3 aromatic rings. The molecule has 24 heavy (non-hydrogen) atoms. The van der Waals surface area contributed by atoms with E-state index in [0.717, 1.165) is 11.4 Å². The van der Waals surface area contributed by atoms with E-state index in [-0.39, 0.29) is 11.5 Å². The molecular weight excluding hydrogens is 344 g/mol. The number of hydrogen-bond donors (Lipinski definition) is 1. The predicted octanol–water partition coefficient (Wildman–Crippen LogP) is 4.10. The summed E-state index contributed by atoms with van der Waals surface area (Å²) >= 11 is 11.5. The Balaban J connectivity index is 2.22.